The molecule has 15 heavy (non-hydrogen) atoms. The van der Waals surface area contributed by atoms with Gasteiger partial charge in [-0.1, -0.05) is 0 Å². The minimum Gasteiger partial charge on any atom is -0.380 e. The SMILES string of the molecule is COC(C)CN1CC(C)NCC1C1CC1. The lowest BCUT2D eigenvalue weighted by Crippen LogP contribution is -2.57. The molecule has 2 fully saturated rings. The fraction of sp³-hybridized carbons (Fsp3) is 1.00. The molecule has 88 valence electrons. The van der Waals surface area contributed by atoms with Crippen molar-refractivity contribution in [2.75, 3.05) is 26.7 Å². The molecule has 3 heteroatoms. The van der Waals surface area contributed by atoms with Gasteiger partial charge in [-0.3, -0.25) is 4.90 Å². The highest BCUT2D eigenvalue weighted by Gasteiger charge is 2.38. The van der Waals surface area contributed by atoms with E-state index >= 15 is 0 Å². The lowest BCUT2D eigenvalue weighted by atomic mass is 10.1. The zero-order valence-electron chi connectivity index (χ0n) is 10.2. The Morgan fingerprint density at radius 3 is 2.80 bits per heavy atom. The summed E-state index contributed by atoms with van der Waals surface area (Å²) in [5.41, 5.74) is 0. The third kappa shape index (κ3) is 2.92. The predicted octanol–water partition coefficient (Wildman–Crippen LogP) is 1.09. The Morgan fingerprint density at radius 2 is 2.20 bits per heavy atom. The van der Waals surface area contributed by atoms with Gasteiger partial charge in [0, 0.05) is 38.8 Å². The molecule has 0 aromatic heterocycles. The van der Waals surface area contributed by atoms with Crippen LogP contribution < -0.4 is 5.32 Å². The molecule has 3 nitrogen and oxygen atoms in total. The zero-order valence-corrected chi connectivity index (χ0v) is 10.2. The van der Waals surface area contributed by atoms with Crippen LogP contribution in [0.25, 0.3) is 0 Å². The monoisotopic (exact) mass is 212 g/mol. The Kier molecular flexibility index (Phi) is 3.65. The van der Waals surface area contributed by atoms with Gasteiger partial charge in [-0.05, 0) is 32.6 Å². The molecule has 1 saturated carbocycles. The highest BCUT2D eigenvalue weighted by molar-refractivity contribution is 4.94. The summed E-state index contributed by atoms with van der Waals surface area (Å²) in [7, 11) is 1.81. The quantitative estimate of drug-likeness (QED) is 0.755. The first-order chi connectivity index (χ1) is 7.20. The third-order valence-corrected chi connectivity index (χ3v) is 3.71. The van der Waals surface area contributed by atoms with Crippen LogP contribution in [0.5, 0.6) is 0 Å². The molecule has 2 rings (SSSR count). The average Bonchev–Trinajstić information content (AvgIpc) is 3.01. The van der Waals surface area contributed by atoms with Gasteiger partial charge >= 0.3 is 0 Å². The van der Waals surface area contributed by atoms with Crippen LogP contribution in [0.4, 0.5) is 0 Å². The van der Waals surface area contributed by atoms with Crippen molar-refractivity contribution in [3.05, 3.63) is 0 Å². The maximum atomic E-state index is 5.37. The van der Waals surface area contributed by atoms with E-state index in [1.807, 2.05) is 7.11 Å². The smallest absolute Gasteiger partial charge is 0.0670 e. The van der Waals surface area contributed by atoms with Crippen molar-refractivity contribution in [3.63, 3.8) is 0 Å². The van der Waals surface area contributed by atoms with Crippen LogP contribution in [0.1, 0.15) is 26.7 Å². The van der Waals surface area contributed by atoms with Crippen LogP contribution in [0.2, 0.25) is 0 Å². The van der Waals surface area contributed by atoms with Gasteiger partial charge in [0.15, 0.2) is 0 Å². The second kappa shape index (κ2) is 4.81. The Hall–Kier alpha value is -0.120. The van der Waals surface area contributed by atoms with Crippen LogP contribution in [-0.2, 0) is 4.74 Å². The largest absolute Gasteiger partial charge is 0.380 e. The van der Waals surface area contributed by atoms with Crippen molar-refractivity contribution in [1.82, 2.24) is 10.2 Å². The van der Waals surface area contributed by atoms with E-state index in [0.29, 0.717) is 12.1 Å². The lowest BCUT2D eigenvalue weighted by Gasteiger charge is -2.40. The summed E-state index contributed by atoms with van der Waals surface area (Å²) < 4.78 is 5.37. The van der Waals surface area contributed by atoms with Crippen molar-refractivity contribution >= 4 is 0 Å². The van der Waals surface area contributed by atoms with Crippen molar-refractivity contribution in [3.8, 4) is 0 Å². The lowest BCUT2D eigenvalue weighted by molar-refractivity contribution is 0.0370. The summed E-state index contributed by atoms with van der Waals surface area (Å²) >= 11 is 0. The van der Waals surface area contributed by atoms with Gasteiger partial charge in [-0.25, -0.2) is 0 Å². The highest BCUT2D eigenvalue weighted by Crippen LogP contribution is 2.36. The number of rotatable bonds is 4. The molecule has 2 aliphatic rings. The molecule has 0 radical (unpaired) electrons. The summed E-state index contributed by atoms with van der Waals surface area (Å²) in [4.78, 5) is 2.63. The summed E-state index contributed by atoms with van der Waals surface area (Å²) in [6.07, 6.45) is 3.22. The summed E-state index contributed by atoms with van der Waals surface area (Å²) in [6.45, 7) is 7.87. The maximum Gasteiger partial charge on any atom is 0.0670 e. The first-order valence-corrected chi connectivity index (χ1v) is 6.21. The van der Waals surface area contributed by atoms with Gasteiger partial charge in [0.05, 0.1) is 6.10 Å². The number of ether oxygens (including phenoxy) is 1. The van der Waals surface area contributed by atoms with E-state index in [2.05, 4.69) is 24.1 Å². The molecule has 3 atom stereocenters. The summed E-state index contributed by atoms with van der Waals surface area (Å²) in [5.74, 6) is 0.953. The maximum absolute atomic E-state index is 5.37. The van der Waals surface area contributed by atoms with Gasteiger partial charge < -0.3 is 10.1 Å². The Labute approximate surface area is 93.2 Å². The minimum absolute atomic E-state index is 0.358. The van der Waals surface area contributed by atoms with E-state index in [-0.39, 0.29) is 0 Å². The van der Waals surface area contributed by atoms with Crippen molar-refractivity contribution < 1.29 is 4.74 Å². The van der Waals surface area contributed by atoms with Crippen LogP contribution in [0.3, 0.4) is 0 Å². The predicted molar refractivity (Wildman–Crippen MR) is 62.0 cm³/mol. The van der Waals surface area contributed by atoms with Gasteiger partial charge in [0.2, 0.25) is 0 Å². The molecule has 1 aliphatic carbocycles. The molecule has 0 aromatic carbocycles. The summed E-state index contributed by atoms with van der Waals surface area (Å²) in [6, 6.07) is 1.39. The average molecular weight is 212 g/mol. The number of hydrogen-bond acceptors (Lipinski definition) is 3. The summed E-state index contributed by atoms with van der Waals surface area (Å²) in [5, 5.41) is 3.59. The van der Waals surface area contributed by atoms with E-state index < -0.39 is 0 Å². The molecule has 1 saturated heterocycles. The fourth-order valence-corrected chi connectivity index (χ4v) is 2.56. The van der Waals surface area contributed by atoms with Crippen molar-refractivity contribution in [2.45, 2.75) is 44.9 Å². The number of methoxy groups -OCH3 is 1. The Morgan fingerprint density at radius 1 is 1.47 bits per heavy atom. The molecule has 0 spiro atoms. The minimum atomic E-state index is 0.358. The molecule has 1 aliphatic heterocycles. The molecule has 0 aromatic rings. The zero-order chi connectivity index (χ0) is 10.8. The molecular formula is C12H24N2O. The molecule has 0 bridgehead atoms. The Balaban J connectivity index is 1.90. The number of hydrogen-bond donors (Lipinski definition) is 1. The van der Waals surface area contributed by atoms with Crippen LogP contribution in [-0.4, -0.2) is 49.8 Å². The van der Waals surface area contributed by atoms with E-state index in [1.165, 1.54) is 25.9 Å². The van der Waals surface area contributed by atoms with Gasteiger partial charge in [-0.2, -0.15) is 0 Å². The van der Waals surface area contributed by atoms with Crippen molar-refractivity contribution in [2.24, 2.45) is 5.92 Å². The first-order valence-electron chi connectivity index (χ1n) is 6.21. The van der Waals surface area contributed by atoms with E-state index in [9.17, 15) is 0 Å². The topological polar surface area (TPSA) is 24.5 Å². The fourth-order valence-electron chi connectivity index (χ4n) is 2.56. The van der Waals surface area contributed by atoms with Gasteiger partial charge in [0.25, 0.3) is 0 Å². The van der Waals surface area contributed by atoms with E-state index in [4.69, 9.17) is 4.74 Å². The molecule has 3 unspecified atom stereocenters. The molecule has 1 heterocycles. The number of nitrogens with zero attached hydrogens (tertiary/aromatic N) is 1. The second-order valence-electron chi connectivity index (χ2n) is 5.21. The van der Waals surface area contributed by atoms with E-state index in [0.717, 1.165) is 18.5 Å². The van der Waals surface area contributed by atoms with Crippen LogP contribution >= 0.6 is 0 Å². The van der Waals surface area contributed by atoms with E-state index in [1.54, 1.807) is 0 Å². The van der Waals surface area contributed by atoms with Crippen LogP contribution in [0.15, 0.2) is 0 Å². The molecular weight excluding hydrogens is 188 g/mol. The molecule has 1 N–H and O–H groups in total. The van der Waals surface area contributed by atoms with Gasteiger partial charge in [-0.15, -0.1) is 0 Å². The number of nitrogens with one attached hydrogen (secondary N) is 1. The first kappa shape index (κ1) is 11.4. The third-order valence-electron chi connectivity index (χ3n) is 3.71. The van der Waals surface area contributed by atoms with Gasteiger partial charge in [0.1, 0.15) is 0 Å². The normalized spacial score (nSPS) is 35.4. The molecule has 0 amide bonds. The highest BCUT2D eigenvalue weighted by atomic mass is 16.5. The van der Waals surface area contributed by atoms with Crippen LogP contribution in [0, 0.1) is 5.92 Å². The number of piperazine rings is 1. The standard InChI is InChI=1S/C12H24N2O/c1-9-7-14(8-10(2)15-3)12(6-13-9)11-4-5-11/h9-13H,4-8H2,1-3H3. The Bertz CT molecular complexity index is 206. The second-order valence-corrected chi connectivity index (χ2v) is 5.21. The van der Waals surface area contributed by atoms with Crippen molar-refractivity contribution in [1.29, 1.82) is 0 Å².